The van der Waals surface area contributed by atoms with E-state index in [0.717, 1.165) is 5.56 Å². The molecule has 25 heavy (non-hydrogen) atoms. The number of aromatic nitrogens is 2. The Morgan fingerprint density at radius 2 is 1.92 bits per heavy atom. The molecule has 2 N–H and O–H groups in total. The van der Waals surface area contributed by atoms with Crippen LogP contribution in [-0.2, 0) is 6.54 Å². The first-order valence-corrected chi connectivity index (χ1v) is 8.04. The third-order valence-corrected chi connectivity index (χ3v) is 3.92. The molecule has 0 aliphatic heterocycles. The van der Waals surface area contributed by atoms with Gasteiger partial charge < -0.3 is 14.9 Å². The first-order chi connectivity index (χ1) is 12.1. The number of rotatable bonds is 5. The van der Waals surface area contributed by atoms with E-state index in [1.54, 1.807) is 55.7 Å². The summed E-state index contributed by atoms with van der Waals surface area (Å²) in [7, 11) is 0. The Bertz CT molecular complexity index is 861. The fourth-order valence-electron chi connectivity index (χ4n) is 2.43. The van der Waals surface area contributed by atoms with Crippen molar-refractivity contribution in [2.45, 2.75) is 19.6 Å². The molecule has 0 aliphatic carbocycles. The van der Waals surface area contributed by atoms with Gasteiger partial charge in [0.2, 0.25) is 5.76 Å². The van der Waals surface area contributed by atoms with Crippen LogP contribution in [0.4, 0.5) is 0 Å². The van der Waals surface area contributed by atoms with Crippen molar-refractivity contribution < 1.29 is 14.4 Å². The molecule has 0 fully saturated rings. The first-order valence-electron chi connectivity index (χ1n) is 7.67. The molecule has 0 radical (unpaired) electrons. The number of carbonyl (C=O) groups excluding carboxylic acids is 1. The van der Waals surface area contributed by atoms with Crippen molar-refractivity contribution in [3.05, 3.63) is 70.7 Å². The minimum Gasteiger partial charge on any atom is -0.388 e. The van der Waals surface area contributed by atoms with E-state index in [-0.39, 0.29) is 5.76 Å². The predicted octanol–water partition coefficient (Wildman–Crippen LogP) is 3.37. The van der Waals surface area contributed by atoms with Crippen LogP contribution in [0.1, 0.15) is 34.7 Å². The number of pyridine rings is 1. The molecule has 1 aromatic carbocycles. The number of aliphatic hydroxyl groups is 1. The first kappa shape index (κ1) is 17.1. The summed E-state index contributed by atoms with van der Waals surface area (Å²) in [6.45, 7) is 1.88. The van der Waals surface area contributed by atoms with Crippen LogP contribution in [0.5, 0.6) is 0 Å². The molecule has 1 amide bonds. The maximum absolute atomic E-state index is 12.4. The van der Waals surface area contributed by atoms with Gasteiger partial charge >= 0.3 is 0 Å². The lowest BCUT2D eigenvalue weighted by atomic mass is 10.0. The van der Waals surface area contributed by atoms with E-state index in [9.17, 15) is 9.90 Å². The second-order valence-corrected chi connectivity index (χ2v) is 5.93. The zero-order valence-electron chi connectivity index (χ0n) is 13.4. The quantitative estimate of drug-likeness (QED) is 0.730. The highest BCUT2D eigenvalue weighted by Crippen LogP contribution is 2.31. The highest BCUT2D eigenvalue weighted by Gasteiger charge is 2.26. The molecule has 2 heterocycles. The predicted molar refractivity (Wildman–Crippen MR) is 93.0 cm³/mol. The van der Waals surface area contributed by atoms with Gasteiger partial charge in [-0.05, 0) is 36.8 Å². The van der Waals surface area contributed by atoms with Crippen LogP contribution in [0, 0.1) is 0 Å². The lowest BCUT2D eigenvalue weighted by Crippen LogP contribution is -2.23. The Kier molecular flexibility index (Phi) is 5.11. The Morgan fingerprint density at radius 3 is 2.56 bits per heavy atom. The third-order valence-electron chi connectivity index (χ3n) is 3.67. The van der Waals surface area contributed by atoms with Crippen molar-refractivity contribution in [2.75, 3.05) is 0 Å². The number of aliphatic hydroxyl groups excluding tert-OH is 1. The Labute approximate surface area is 149 Å². The van der Waals surface area contributed by atoms with Gasteiger partial charge in [-0.25, -0.2) is 0 Å². The van der Waals surface area contributed by atoms with Crippen LogP contribution in [0.25, 0.3) is 11.3 Å². The number of nitrogens with zero attached hydrogens (tertiary/aromatic N) is 2. The van der Waals surface area contributed by atoms with E-state index in [0.29, 0.717) is 28.4 Å². The number of halogens is 1. The van der Waals surface area contributed by atoms with Crippen LogP contribution in [0.15, 0.2) is 53.3 Å². The number of carbonyl (C=O) groups is 1. The minimum atomic E-state index is -0.918. The summed E-state index contributed by atoms with van der Waals surface area (Å²) in [6.07, 6.45) is 2.38. The smallest absolute Gasteiger partial charge is 0.290 e. The monoisotopic (exact) mass is 357 g/mol. The number of amides is 1. The summed E-state index contributed by atoms with van der Waals surface area (Å²) in [4.78, 5) is 16.4. The number of hydrogen-bond acceptors (Lipinski definition) is 5. The lowest BCUT2D eigenvalue weighted by Gasteiger charge is -2.08. The Morgan fingerprint density at radius 1 is 1.24 bits per heavy atom. The van der Waals surface area contributed by atoms with E-state index in [1.165, 1.54) is 0 Å². The molecule has 1 atom stereocenters. The van der Waals surface area contributed by atoms with E-state index in [4.69, 9.17) is 16.1 Å². The van der Waals surface area contributed by atoms with E-state index in [2.05, 4.69) is 15.5 Å². The fraction of sp³-hybridized carbons (Fsp3) is 0.167. The Hall–Kier alpha value is -2.70. The SMILES string of the molecule is CC(O)c1c(-c2ccc(Cl)cc2)noc1C(=O)NCc1ccncc1. The van der Waals surface area contributed by atoms with Crippen molar-refractivity contribution in [3.8, 4) is 11.3 Å². The Balaban J connectivity index is 1.86. The maximum atomic E-state index is 12.4. The number of hydrogen-bond donors (Lipinski definition) is 2. The second kappa shape index (κ2) is 7.46. The van der Waals surface area contributed by atoms with Gasteiger partial charge in [-0.2, -0.15) is 0 Å². The van der Waals surface area contributed by atoms with Crippen molar-refractivity contribution in [1.82, 2.24) is 15.5 Å². The zero-order chi connectivity index (χ0) is 17.8. The topological polar surface area (TPSA) is 88.2 Å². The molecule has 1 unspecified atom stereocenters. The van der Waals surface area contributed by atoms with Gasteiger partial charge in [-0.3, -0.25) is 9.78 Å². The van der Waals surface area contributed by atoms with E-state index >= 15 is 0 Å². The van der Waals surface area contributed by atoms with Gasteiger partial charge in [0, 0.05) is 29.5 Å². The molecular formula is C18H16ClN3O3. The summed E-state index contributed by atoms with van der Waals surface area (Å²) in [5, 5.41) is 17.4. The van der Waals surface area contributed by atoms with Gasteiger partial charge in [0.25, 0.3) is 5.91 Å². The number of nitrogens with one attached hydrogen (secondary N) is 1. The molecule has 0 aliphatic rings. The third kappa shape index (κ3) is 3.87. The maximum Gasteiger partial charge on any atom is 0.290 e. The summed E-state index contributed by atoms with van der Waals surface area (Å²) in [5.41, 5.74) is 2.37. The standard InChI is InChI=1S/C18H16ClN3O3/c1-11(23)15-16(13-2-4-14(19)5-3-13)22-25-17(15)18(24)21-10-12-6-8-20-9-7-12/h2-9,11,23H,10H2,1H3,(H,21,24). The average Bonchev–Trinajstić information content (AvgIpc) is 3.06. The van der Waals surface area contributed by atoms with Gasteiger partial charge in [0.1, 0.15) is 5.69 Å². The molecule has 0 saturated heterocycles. The van der Waals surface area contributed by atoms with Crippen molar-refractivity contribution >= 4 is 17.5 Å². The second-order valence-electron chi connectivity index (χ2n) is 5.49. The molecule has 6 nitrogen and oxygen atoms in total. The molecule has 128 valence electrons. The van der Waals surface area contributed by atoms with Crippen LogP contribution in [0.3, 0.4) is 0 Å². The molecule has 7 heteroatoms. The van der Waals surface area contributed by atoms with Gasteiger partial charge in [0.15, 0.2) is 0 Å². The van der Waals surface area contributed by atoms with E-state index in [1.807, 2.05) is 0 Å². The van der Waals surface area contributed by atoms with Gasteiger partial charge in [0.05, 0.1) is 11.7 Å². The average molecular weight is 358 g/mol. The molecule has 0 bridgehead atoms. The molecule has 0 saturated carbocycles. The largest absolute Gasteiger partial charge is 0.388 e. The van der Waals surface area contributed by atoms with Crippen LogP contribution in [0.2, 0.25) is 5.02 Å². The number of benzene rings is 1. The molecule has 3 rings (SSSR count). The van der Waals surface area contributed by atoms with Crippen LogP contribution < -0.4 is 5.32 Å². The highest BCUT2D eigenvalue weighted by atomic mass is 35.5. The molecule has 0 spiro atoms. The molecule has 3 aromatic rings. The molecular weight excluding hydrogens is 342 g/mol. The lowest BCUT2D eigenvalue weighted by molar-refractivity contribution is 0.0905. The van der Waals surface area contributed by atoms with Gasteiger partial charge in [-0.1, -0.05) is 28.9 Å². The zero-order valence-corrected chi connectivity index (χ0v) is 14.2. The fourth-order valence-corrected chi connectivity index (χ4v) is 2.55. The minimum absolute atomic E-state index is 0.00555. The summed E-state index contributed by atoms with van der Waals surface area (Å²) in [5.74, 6) is -0.450. The van der Waals surface area contributed by atoms with Crippen molar-refractivity contribution in [1.29, 1.82) is 0 Å². The van der Waals surface area contributed by atoms with Crippen LogP contribution >= 0.6 is 11.6 Å². The van der Waals surface area contributed by atoms with E-state index < -0.39 is 12.0 Å². The normalized spacial score (nSPS) is 12.0. The summed E-state index contributed by atoms with van der Waals surface area (Å²) < 4.78 is 5.22. The van der Waals surface area contributed by atoms with Crippen LogP contribution in [-0.4, -0.2) is 21.2 Å². The molecule has 2 aromatic heterocycles. The highest BCUT2D eigenvalue weighted by molar-refractivity contribution is 6.30. The summed E-state index contributed by atoms with van der Waals surface area (Å²) >= 11 is 5.89. The van der Waals surface area contributed by atoms with Crippen molar-refractivity contribution in [2.24, 2.45) is 0 Å². The van der Waals surface area contributed by atoms with Crippen molar-refractivity contribution in [3.63, 3.8) is 0 Å². The van der Waals surface area contributed by atoms with Gasteiger partial charge in [-0.15, -0.1) is 0 Å². The summed E-state index contributed by atoms with van der Waals surface area (Å²) in [6, 6.07) is 10.5.